The van der Waals surface area contributed by atoms with Gasteiger partial charge in [-0.3, -0.25) is 15.5 Å². The van der Waals surface area contributed by atoms with Gasteiger partial charge >= 0.3 is 0 Å². The van der Waals surface area contributed by atoms with E-state index < -0.39 is 4.92 Å². The first-order valence-corrected chi connectivity index (χ1v) is 6.90. The Kier molecular flexibility index (Phi) is 5.22. The number of nitrogens with zero attached hydrogens (tertiary/aromatic N) is 2. The number of hydrazone groups is 1. The van der Waals surface area contributed by atoms with Gasteiger partial charge in [-0.1, -0.05) is 36.4 Å². The summed E-state index contributed by atoms with van der Waals surface area (Å²) >= 11 is 3.39. The van der Waals surface area contributed by atoms with E-state index in [4.69, 9.17) is 0 Å². The van der Waals surface area contributed by atoms with Gasteiger partial charge in [0.2, 0.25) is 0 Å². The molecule has 106 valence electrons. The summed E-state index contributed by atoms with van der Waals surface area (Å²) in [7, 11) is 0. The van der Waals surface area contributed by atoms with Crippen LogP contribution < -0.4 is 5.43 Å². The number of nitro groups is 1. The molecule has 0 aliphatic carbocycles. The number of non-ortho nitro benzene ring substituents is 1. The summed E-state index contributed by atoms with van der Waals surface area (Å²) in [6.45, 7) is 0. The Hall–Kier alpha value is -2.47. The maximum absolute atomic E-state index is 10.7. The van der Waals surface area contributed by atoms with Crippen molar-refractivity contribution >= 4 is 39.6 Å². The third-order valence-corrected chi connectivity index (χ3v) is 2.98. The third-order valence-electron chi connectivity index (χ3n) is 2.54. The number of nitrogens with one attached hydrogen (secondary N) is 1. The van der Waals surface area contributed by atoms with E-state index in [1.54, 1.807) is 18.3 Å². The number of nitro benzene ring substituents is 1. The zero-order valence-electron chi connectivity index (χ0n) is 10.9. The predicted octanol–water partition coefficient (Wildman–Crippen LogP) is 4.43. The van der Waals surface area contributed by atoms with Crippen LogP contribution in [0.1, 0.15) is 5.56 Å². The van der Waals surface area contributed by atoms with E-state index in [1.807, 2.05) is 36.4 Å². The molecule has 2 aromatic rings. The van der Waals surface area contributed by atoms with Crippen LogP contribution in [-0.4, -0.2) is 11.1 Å². The lowest BCUT2D eigenvalue weighted by Crippen LogP contribution is -1.92. The highest BCUT2D eigenvalue weighted by molar-refractivity contribution is 9.12. The number of hydrogen-bond donors (Lipinski definition) is 1. The quantitative estimate of drug-likeness (QED) is 0.495. The maximum Gasteiger partial charge on any atom is 0.271 e. The highest BCUT2D eigenvalue weighted by atomic mass is 79.9. The average molecular weight is 346 g/mol. The van der Waals surface area contributed by atoms with Gasteiger partial charge in [0, 0.05) is 16.6 Å². The molecule has 0 aliphatic heterocycles. The summed E-state index contributed by atoms with van der Waals surface area (Å²) in [6.07, 6.45) is 3.50. The zero-order valence-corrected chi connectivity index (χ0v) is 12.5. The molecule has 2 aromatic carbocycles. The maximum atomic E-state index is 10.7. The first-order chi connectivity index (χ1) is 10.1. The SMILES string of the molecule is O=[N+]([O-])c1cccc(N/N=C\C(Br)=C\c2ccccc2)c1. The Morgan fingerprint density at radius 2 is 1.95 bits per heavy atom. The Balaban J connectivity index is 2.00. The van der Waals surface area contributed by atoms with Crippen LogP contribution in [0.3, 0.4) is 0 Å². The van der Waals surface area contributed by atoms with Gasteiger partial charge < -0.3 is 0 Å². The molecule has 2 rings (SSSR count). The van der Waals surface area contributed by atoms with Crippen LogP contribution in [-0.2, 0) is 0 Å². The fourth-order valence-electron chi connectivity index (χ4n) is 1.60. The van der Waals surface area contributed by atoms with Crippen LogP contribution in [0.4, 0.5) is 11.4 Å². The van der Waals surface area contributed by atoms with Crippen molar-refractivity contribution in [2.45, 2.75) is 0 Å². The molecule has 0 heterocycles. The van der Waals surface area contributed by atoms with Crippen molar-refractivity contribution in [2.75, 3.05) is 5.43 Å². The lowest BCUT2D eigenvalue weighted by atomic mass is 10.2. The molecule has 0 unspecified atom stereocenters. The molecule has 0 aromatic heterocycles. The van der Waals surface area contributed by atoms with E-state index in [0.717, 1.165) is 10.0 Å². The molecule has 5 nitrogen and oxygen atoms in total. The van der Waals surface area contributed by atoms with Gasteiger partial charge in [-0.15, -0.1) is 0 Å². The molecule has 0 saturated carbocycles. The molecular formula is C15H12BrN3O2. The van der Waals surface area contributed by atoms with Crippen molar-refractivity contribution in [3.63, 3.8) is 0 Å². The summed E-state index contributed by atoms with van der Waals surface area (Å²) in [4.78, 5) is 10.2. The van der Waals surface area contributed by atoms with Gasteiger partial charge in [-0.05, 0) is 33.6 Å². The fraction of sp³-hybridized carbons (Fsp3) is 0. The van der Waals surface area contributed by atoms with Crippen LogP contribution in [0.15, 0.2) is 64.2 Å². The van der Waals surface area contributed by atoms with Crippen LogP contribution in [0.2, 0.25) is 0 Å². The molecule has 0 atom stereocenters. The van der Waals surface area contributed by atoms with Crippen molar-refractivity contribution in [3.05, 3.63) is 74.8 Å². The van der Waals surface area contributed by atoms with Crippen molar-refractivity contribution in [2.24, 2.45) is 5.10 Å². The second kappa shape index (κ2) is 7.35. The van der Waals surface area contributed by atoms with E-state index in [9.17, 15) is 10.1 Å². The molecule has 0 radical (unpaired) electrons. The molecule has 0 saturated heterocycles. The molecule has 0 aliphatic rings. The highest BCUT2D eigenvalue weighted by Gasteiger charge is 2.04. The normalized spacial score (nSPS) is 11.6. The van der Waals surface area contributed by atoms with Gasteiger partial charge in [0.25, 0.3) is 5.69 Å². The van der Waals surface area contributed by atoms with Crippen LogP contribution in [0, 0.1) is 10.1 Å². The minimum Gasteiger partial charge on any atom is -0.278 e. The highest BCUT2D eigenvalue weighted by Crippen LogP contribution is 2.17. The monoisotopic (exact) mass is 345 g/mol. The second-order valence-electron chi connectivity index (χ2n) is 4.12. The van der Waals surface area contributed by atoms with Gasteiger partial charge in [-0.2, -0.15) is 5.10 Å². The van der Waals surface area contributed by atoms with E-state index >= 15 is 0 Å². The van der Waals surface area contributed by atoms with Crippen LogP contribution in [0.25, 0.3) is 6.08 Å². The van der Waals surface area contributed by atoms with E-state index in [2.05, 4.69) is 26.5 Å². The van der Waals surface area contributed by atoms with E-state index in [1.165, 1.54) is 12.1 Å². The van der Waals surface area contributed by atoms with E-state index in [-0.39, 0.29) is 5.69 Å². The van der Waals surface area contributed by atoms with Crippen molar-refractivity contribution in [3.8, 4) is 0 Å². The minimum absolute atomic E-state index is 0.0223. The molecule has 21 heavy (non-hydrogen) atoms. The first-order valence-electron chi connectivity index (χ1n) is 6.11. The predicted molar refractivity (Wildman–Crippen MR) is 88.6 cm³/mol. The van der Waals surface area contributed by atoms with Crippen LogP contribution >= 0.6 is 15.9 Å². The van der Waals surface area contributed by atoms with E-state index in [0.29, 0.717) is 5.69 Å². The summed E-state index contributed by atoms with van der Waals surface area (Å²) in [6, 6.07) is 16.0. The zero-order chi connectivity index (χ0) is 15.1. The van der Waals surface area contributed by atoms with Crippen molar-refractivity contribution < 1.29 is 4.92 Å². The van der Waals surface area contributed by atoms with Gasteiger partial charge in [0.1, 0.15) is 0 Å². The lowest BCUT2D eigenvalue weighted by Gasteiger charge is -1.99. The van der Waals surface area contributed by atoms with Crippen LogP contribution in [0.5, 0.6) is 0 Å². The minimum atomic E-state index is -0.444. The number of anilines is 1. The molecule has 6 heteroatoms. The number of rotatable bonds is 5. The summed E-state index contributed by atoms with van der Waals surface area (Å²) < 4.78 is 0.784. The Morgan fingerprint density at radius 1 is 1.19 bits per heavy atom. The Morgan fingerprint density at radius 3 is 2.67 bits per heavy atom. The second-order valence-corrected chi connectivity index (χ2v) is 5.03. The fourth-order valence-corrected chi connectivity index (χ4v) is 1.97. The summed E-state index contributed by atoms with van der Waals surface area (Å²) in [5, 5.41) is 14.7. The smallest absolute Gasteiger partial charge is 0.271 e. The van der Waals surface area contributed by atoms with Crippen molar-refractivity contribution in [1.82, 2.24) is 0 Å². The van der Waals surface area contributed by atoms with Crippen molar-refractivity contribution in [1.29, 1.82) is 0 Å². The van der Waals surface area contributed by atoms with Gasteiger partial charge in [0.05, 0.1) is 16.8 Å². The topological polar surface area (TPSA) is 67.5 Å². The largest absolute Gasteiger partial charge is 0.278 e. The molecule has 0 fully saturated rings. The standard InChI is InChI=1S/C15H12BrN3O2/c16-13(9-12-5-2-1-3-6-12)11-17-18-14-7-4-8-15(10-14)19(20)21/h1-11,18H/b13-9-,17-11-. The number of benzene rings is 2. The molecule has 0 bridgehead atoms. The summed E-state index contributed by atoms with van der Waals surface area (Å²) in [5.41, 5.74) is 4.38. The number of allylic oxidation sites excluding steroid dienone is 1. The molecule has 1 N–H and O–H groups in total. The first kappa shape index (κ1) is 14.9. The number of halogens is 1. The lowest BCUT2D eigenvalue weighted by molar-refractivity contribution is -0.384. The van der Waals surface area contributed by atoms with Gasteiger partial charge in [0.15, 0.2) is 0 Å². The third kappa shape index (κ3) is 4.85. The molecular weight excluding hydrogens is 334 g/mol. The average Bonchev–Trinajstić information content (AvgIpc) is 2.48. The molecule has 0 amide bonds. The summed E-state index contributed by atoms with van der Waals surface area (Å²) in [5.74, 6) is 0. The Bertz CT molecular complexity index is 684. The Labute approximate surface area is 130 Å². The van der Waals surface area contributed by atoms with Gasteiger partial charge in [-0.25, -0.2) is 0 Å². The number of hydrogen-bond acceptors (Lipinski definition) is 4. The molecule has 0 spiro atoms.